The van der Waals surface area contributed by atoms with Crippen molar-refractivity contribution in [3.63, 3.8) is 0 Å². The number of aromatic nitrogens is 3. The Morgan fingerprint density at radius 2 is 1.56 bits per heavy atom. The molecule has 0 atom stereocenters. The van der Waals surface area contributed by atoms with Crippen molar-refractivity contribution in [2.75, 3.05) is 0 Å². The van der Waals surface area contributed by atoms with Crippen LogP contribution in [0.15, 0.2) is 79.0 Å². The molecule has 2 aromatic carbocycles. The summed E-state index contributed by atoms with van der Waals surface area (Å²) in [7, 11) is 0. The summed E-state index contributed by atoms with van der Waals surface area (Å²) in [6.07, 6.45) is 1.92. The Labute approximate surface area is 143 Å². The van der Waals surface area contributed by atoms with E-state index in [0.717, 1.165) is 27.6 Å². The van der Waals surface area contributed by atoms with Crippen LogP contribution in [-0.4, -0.2) is 20.2 Å². The molecule has 118 valence electrons. The molecule has 0 saturated heterocycles. The third-order valence-electron chi connectivity index (χ3n) is 4.40. The smallest absolute Gasteiger partial charge is 0.213 e. The van der Waals surface area contributed by atoms with Gasteiger partial charge < -0.3 is 0 Å². The van der Waals surface area contributed by atoms with E-state index in [4.69, 9.17) is 9.97 Å². The summed E-state index contributed by atoms with van der Waals surface area (Å²) >= 11 is 0. The van der Waals surface area contributed by atoms with Crippen LogP contribution in [0.2, 0.25) is 0 Å². The molecule has 0 bridgehead atoms. The molecular formula is C21H13N3O. The average Bonchev–Trinajstić information content (AvgIpc) is 3.07. The molecule has 3 heterocycles. The molecule has 0 aliphatic carbocycles. The number of hydrogen-bond donors (Lipinski definition) is 0. The van der Waals surface area contributed by atoms with E-state index < -0.39 is 0 Å². The molecule has 0 aliphatic heterocycles. The minimum atomic E-state index is -0.0954. The summed E-state index contributed by atoms with van der Waals surface area (Å²) in [6.45, 7) is 0. The van der Waals surface area contributed by atoms with Gasteiger partial charge in [-0.2, -0.15) is 0 Å². The van der Waals surface area contributed by atoms with Crippen LogP contribution in [0.4, 0.5) is 0 Å². The number of para-hydroxylation sites is 1. The first kappa shape index (κ1) is 13.9. The zero-order valence-electron chi connectivity index (χ0n) is 13.3. The molecule has 0 fully saturated rings. The second-order valence-corrected chi connectivity index (χ2v) is 5.91. The van der Waals surface area contributed by atoms with Gasteiger partial charge in [0.2, 0.25) is 5.78 Å². The number of nitrogens with zero attached hydrogens (tertiary/aromatic N) is 3. The lowest BCUT2D eigenvalue weighted by Gasteiger charge is -2.06. The highest BCUT2D eigenvalue weighted by molar-refractivity contribution is 6.18. The summed E-state index contributed by atoms with van der Waals surface area (Å²) < 4.78 is 1.94. The van der Waals surface area contributed by atoms with E-state index in [1.165, 1.54) is 0 Å². The second kappa shape index (κ2) is 5.24. The number of benzene rings is 2. The van der Waals surface area contributed by atoms with E-state index in [9.17, 15) is 4.79 Å². The van der Waals surface area contributed by atoms with Gasteiger partial charge in [0.05, 0.1) is 5.52 Å². The Morgan fingerprint density at radius 3 is 2.44 bits per heavy atom. The quantitative estimate of drug-likeness (QED) is 0.456. The summed E-state index contributed by atoms with van der Waals surface area (Å²) in [5, 5.41) is 0.950. The molecule has 4 heteroatoms. The molecule has 4 nitrogen and oxygen atoms in total. The van der Waals surface area contributed by atoms with Crippen molar-refractivity contribution in [2.45, 2.75) is 0 Å². The summed E-state index contributed by atoms with van der Waals surface area (Å²) in [6, 6.07) is 22.9. The molecular weight excluding hydrogens is 310 g/mol. The first-order valence-electron chi connectivity index (χ1n) is 8.08. The van der Waals surface area contributed by atoms with Crippen LogP contribution < -0.4 is 0 Å². The van der Waals surface area contributed by atoms with Gasteiger partial charge in [-0.25, -0.2) is 9.97 Å². The van der Waals surface area contributed by atoms with Crippen molar-refractivity contribution < 1.29 is 4.79 Å². The summed E-state index contributed by atoms with van der Waals surface area (Å²) in [5.74, 6) is -0.0954. The van der Waals surface area contributed by atoms with Crippen LogP contribution in [0.3, 0.4) is 0 Å². The zero-order valence-corrected chi connectivity index (χ0v) is 13.3. The SMILES string of the molecule is O=C(c1ccccc1)c1nc2ccccc2c2nc3ccccn3c12. The van der Waals surface area contributed by atoms with Crippen LogP contribution in [-0.2, 0) is 0 Å². The Hall–Kier alpha value is -3.53. The van der Waals surface area contributed by atoms with E-state index in [2.05, 4.69) is 0 Å². The molecule has 25 heavy (non-hydrogen) atoms. The first-order valence-corrected chi connectivity index (χ1v) is 8.08. The van der Waals surface area contributed by atoms with Crippen LogP contribution in [0.25, 0.3) is 27.6 Å². The number of fused-ring (bicyclic) bond motifs is 5. The van der Waals surface area contributed by atoms with Gasteiger partial charge in [0, 0.05) is 17.1 Å². The van der Waals surface area contributed by atoms with Gasteiger partial charge in [-0.05, 0) is 18.2 Å². The standard InChI is InChI=1S/C21H13N3O/c25-21(14-8-2-1-3-9-14)19-20-18(15-10-4-5-11-16(15)22-19)23-17-12-6-7-13-24(17)20/h1-13H. The predicted molar refractivity (Wildman–Crippen MR) is 97.9 cm³/mol. The minimum Gasteiger partial charge on any atom is -0.298 e. The van der Waals surface area contributed by atoms with E-state index in [0.29, 0.717) is 11.3 Å². The van der Waals surface area contributed by atoms with Gasteiger partial charge in [0.15, 0.2) is 0 Å². The fraction of sp³-hybridized carbons (Fsp3) is 0. The van der Waals surface area contributed by atoms with Crippen molar-refractivity contribution in [2.24, 2.45) is 0 Å². The third-order valence-corrected chi connectivity index (χ3v) is 4.40. The number of ketones is 1. The maximum Gasteiger partial charge on any atom is 0.213 e. The molecule has 5 aromatic rings. The van der Waals surface area contributed by atoms with Gasteiger partial charge in [-0.15, -0.1) is 0 Å². The Bertz CT molecular complexity index is 1260. The summed E-state index contributed by atoms with van der Waals surface area (Å²) in [5.41, 5.74) is 4.19. The third kappa shape index (κ3) is 2.04. The summed E-state index contributed by atoms with van der Waals surface area (Å²) in [4.78, 5) is 22.6. The lowest BCUT2D eigenvalue weighted by Crippen LogP contribution is -2.06. The molecule has 5 rings (SSSR count). The number of carbonyl (C=O) groups excluding carboxylic acids is 1. The van der Waals surface area contributed by atoms with Crippen molar-refractivity contribution in [3.8, 4) is 0 Å². The van der Waals surface area contributed by atoms with Crippen LogP contribution in [0.5, 0.6) is 0 Å². The molecule has 0 saturated carbocycles. The Morgan fingerprint density at radius 1 is 0.800 bits per heavy atom. The molecule has 0 N–H and O–H groups in total. The fourth-order valence-electron chi connectivity index (χ4n) is 3.24. The van der Waals surface area contributed by atoms with Crippen LogP contribution >= 0.6 is 0 Å². The monoisotopic (exact) mass is 323 g/mol. The van der Waals surface area contributed by atoms with Crippen LogP contribution in [0.1, 0.15) is 16.1 Å². The molecule has 3 aromatic heterocycles. The van der Waals surface area contributed by atoms with Crippen molar-refractivity contribution in [1.82, 2.24) is 14.4 Å². The van der Waals surface area contributed by atoms with E-state index in [1.54, 1.807) is 0 Å². The van der Waals surface area contributed by atoms with Crippen molar-refractivity contribution >= 4 is 33.4 Å². The van der Waals surface area contributed by atoms with Crippen molar-refractivity contribution in [1.29, 1.82) is 0 Å². The van der Waals surface area contributed by atoms with Crippen molar-refractivity contribution in [3.05, 3.63) is 90.3 Å². The number of imidazole rings is 1. The Balaban J connectivity index is 1.95. The molecule has 0 radical (unpaired) electrons. The van der Waals surface area contributed by atoms with E-state index in [1.807, 2.05) is 83.4 Å². The van der Waals surface area contributed by atoms with E-state index >= 15 is 0 Å². The number of carbonyl (C=O) groups is 1. The molecule has 0 aliphatic rings. The number of hydrogen-bond acceptors (Lipinski definition) is 3. The highest BCUT2D eigenvalue weighted by atomic mass is 16.1. The Kier molecular flexibility index (Phi) is 2.91. The van der Waals surface area contributed by atoms with Gasteiger partial charge >= 0.3 is 0 Å². The van der Waals surface area contributed by atoms with Gasteiger partial charge in [-0.1, -0.05) is 54.6 Å². The predicted octanol–water partition coefficient (Wildman–Crippen LogP) is 4.27. The highest BCUT2D eigenvalue weighted by Gasteiger charge is 2.20. The fourth-order valence-corrected chi connectivity index (χ4v) is 3.24. The largest absolute Gasteiger partial charge is 0.298 e. The lowest BCUT2D eigenvalue weighted by molar-refractivity contribution is 0.103. The first-order chi connectivity index (χ1) is 12.3. The topological polar surface area (TPSA) is 47.3 Å². The average molecular weight is 323 g/mol. The van der Waals surface area contributed by atoms with E-state index in [-0.39, 0.29) is 5.78 Å². The lowest BCUT2D eigenvalue weighted by atomic mass is 10.0. The maximum absolute atomic E-state index is 13.1. The second-order valence-electron chi connectivity index (χ2n) is 5.91. The normalized spacial score (nSPS) is 11.4. The highest BCUT2D eigenvalue weighted by Crippen LogP contribution is 2.28. The van der Waals surface area contributed by atoms with Gasteiger partial charge in [0.25, 0.3) is 0 Å². The maximum atomic E-state index is 13.1. The minimum absolute atomic E-state index is 0.0954. The number of rotatable bonds is 2. The number of pyridine rings is 2. The zero-order chi connectivity index (χ0) is 16.8. The molecule has 0 unspecified atom stereocenters. The van der Waals surface area contributed by atoms with Gasteiger partial charge in [-0.3, -0.25) is 9.20 Å². The van der Waals surface area contributed by atoms with Gasteiger partial charge in [0.1, 0.15) is 22.4 Å². The molecule has 0 amide bonds. The molecule has 0 spiro atoms. The van der Waals surface area contributed by atoms with Crippen LogP contribution in [0, 0.1) is 0 Å².